The van der Waals surface area contributed by atoms with Crippen molar-refractivity contribution in [2.75, 3.05) is 165 Å². The van der Waals surface area contributed by atoms with Crippen LogP contribution in [0.5, 0.6) is 0 Å². The fourth-order valence-corrected chi connectivity index (χ4v) is 6.73. The van der Waals surface area contributed by atoms with Gasteiger partial charge in [0.1, 0.15) is 18.3 Å². The first-order chi connectivity index (χ1) is 31.1. The van der Waals surface area contributed by atoms with E-state index in [1.54, 1.807) is 0 Å². The van der Waals surface area contributed by atoms with Crippen molar-refractivity contribution in [3.05, 3.63) is 12.2 Å². The maximum absolute atomic E-state index is 12.5. The maximum Gasteiger partial charge on any atom is 0.314 e. The molecule has 0 spiro atoms. The number of hydrogen-bond acceptors (Lipinski definition) is 18. The van der Waals surface area contributed by atoms with E-state index in [2.05, 4.69) is 20.9 Å². The molecule has 6 N–H and O–H groups in total. The molecule has 2 saturated heterocycles. The summed E-state index contributed by atoms with van der Waals surface area (Å²) in [5, 5.41) is 37.9. The minimum Gasteiger partial charge on any atom is -0.394 e. The predicted octanol–water partition coefficient (Wildman–Crippen LogP) is -3.36. The van der Waals surface area contributed by atoms with E-state index in [-0.39, 0.29) is 29.7 Å². The van der Waals surface area contributed by atoms with E-state index >= 15 is 0 Å². The van der Waals surface area contributed by atoms with Crippen LogP contribution in [0.2, 0.25) is 0 Å². The standard InChI is InChI=1S/C41H72N6O17/c1-32(49)44-38-33(64-34(31-48)39(53)40(38)54)3-2-15-56-19-21-58-17-7-42-41(55)43-8-18-59-22-24-61-26-28-63-30-29-62-27-25-60-23-20-57-16-6-35(50)46-12-9-45(10-13-46)11-14-47-36(51)4-5-37(47)52/h4-5,33-34,38-40,48,53-54H,2-3,6-31H2,1H3,(H,44,49)(H2,42,43,55)/t33-,34-,38+,39+,40-/m1/s1. The summed E-state index contributed by atoms with van der Waals surface area (Å²) in [5.74, 6) is -0.873. The maximum atomic E-state index is 12.5. The van der Waals surface area contributed by atoms with Crippen LogP contribution in [0.3, 0.4) is 0 Å². The minimum atomic E-state index is -1.31. The zero-order valence-corrected chi connectivity index (χ0v) is 37.2. The van der Waals surface area contributed by atoms with Gasteiger partial charge in [0.2, 0.25) is 11.8 Å². The summed E-state index contributed by atoms with van der Waals surface area (Å²) in [6.07, 6.45) is -0.233. The molecule has 0 aliphatic carbocycles. The second-order valence-corrected chi connectivity index (χ2v) is 15.0. The molecule has 3 rings (SSSR count). The van der Waals surface area contributed by atoms with Gasteiger partial charge < -0.3 is 78.8 Å². The van der Waals surface area contributed by atoms with Crippen molar-refractivity contribution in [2.24, 2.45) is 0 Å². The highest BCUT2D eigenvalue weighted by atomic mass is 16.6. The quantitative estimate of drug-likeness (QED) is 0.0265. The zero-order valence-electron chi connectivity index (χ0n) is 37.2. The van der Waals surface area contributed by atoms with Crippen molar-refractivity contribution in [1.29, 1.82) is 0 Å². The number of carbonyl (C=O) groups excluding carboxylic acids is 5. The summed E-state index contributed by atoms with van der Waals surface area (Å²) < 4.78 is 49.7. The number of nitrogens with zero attached hydrogens (tertiary/aromatic N) is 3. The van der Waals surface area contributed by atoms with E-state index in [1.165, 1.54) is 24.0 Å². The number of hydrogen-bond donors (Lipinski definition) is 6. The van der Waals surface area contributed by atoms with Crippen LogP contribution >= 0.6 is 0 Å². The third-order valence-corrected chi connectivity index (χ3v) is 10.2. The first-order valence-corrected chi connectivity index (χ1v) is 22.2. The van der Waals surface area contributed by atoms with Gasteiger partial charge in [-0.05, 0) is 12.8 Å². The van der Waals surface area contributed by atoms with Crippen molar-refractivity contribution in [1.82, 2.24) is 30.7 Å². The largest absolute Gasteiger partial charge is 0.394 e. The molecule has 3 heterocycles. The van der Waals surface area contributed by atoms with Crippen molar-refractivity contribution < 1.29 is 81.9 Å². The van der Waals surface area contributed by atoms with Crippen molar-refractivity contribution in [3.63, 3.8) is 0 Å². The summed E-state index contributed by atoms with van der Waals surface area (Å²) in [6.45, 7) is 11.1. The van der Waals surface area contributed by atoms with Gasteiger partial charge in [-0.3, -0.25) is 29.0 Å². The van der Waals surface area contributed by atoms with Crippen LogP contribution in [-0.4, -0.2) is 255 Å². The van der Waals surface area contributed by atoms with Gasteiger partial charge in [0.15, 0.2) is 0 Å². The van der Waals surface area contributed by atoms with Crippen LogP contribution in [-0.2, 0) is 61.8 Å². The van der Waals surface area contributed by atoms with E-state index in [4.69, 9.17) is 42.6 Å². The molecular weight excluding hydrogens is 848 g/mol. The number of urea groups is 1. The average Bonchev–Trinajstić information content (AvgIpc) is 3.61. The molecule has 6 amide bonds. The van der Waals surface area contributed by atoms with Crippen LogP contribution in [0.4, 0.5) is 4.79 Å². The highest BCUT2D eigenvalue weighted by molar-refractivity contribution is 6.12. The molecule has 0 aromatic carbocycles. The molecule has 0 saturated carbocycles. The van der Waals surface area contributed by atoms with Gasteiger partial charge in [0.05, 0.1) is 124 Å². The van der Waals surface area contributed by atoms with Crippen LogP contribution in [0, 0.1) is 0 Å². The molecule has 0 radical (unpaired) electrons. The van der Waals surface area contributed by atoms with E-state index in [1.807, 2.05) is 4.90 Å². The first-order valence-electron chi connectivity index (χ1n) is 22.2. The normalized spacial score (nSPS) is 21.5. The molecule has 2 fully saturated rings. The minimum absolute atomic E-state index is 0.0434. The van der Waals surface area contributed by atoms with E-state index in [0.717, 1.165) is 0 Å². The topological polar surface area (TPSA) is 275 Å². The Morgan fingerprint density at radius 3 is 1.59 bits per heavy atom. The van der Waals surface area contributed by atoms with E-state index < -0.39 is 37.1 Å². The van der Waals surface area contributed by atoms with Crippen LogP contribution in [0.1, 0.15) is 26.2 Å². The Bertz CT molecular complexity index is 1340. The van der Waals surface area contributed by atoms with Gasteiger partial charge in [-0.15, -0.1) is 0 Å². The number of carbonyl (C=O) groups is 5. The Kier molecular flexibility index (Phi) is 29.1. The number of piperazine rings is 1. The van der Waals surface area contributed by atoms with Crippen molar-refractivity contribution in [3.8, 4) is 0 Å². The average molecular weight is 921 g/mol. The van der Waals surface area contributed by atoms with Gasteiger partial charge >= 0.3 is 6.03 Å². The molecule has 0 aromatic rings. The summed E-state index contributed by atoms with van der Waals surface area (Å²) in [5.41, 5.74) is 0. The Morgan fingerprint density at radius 2 is 1.11 bits per heavy atom. The Balaban J connectivity index is 0.969. The number of nitrogens with one attached hydrogen (secondary N) is 3. The van der Waals surface area contributed by atoms with Crippen molar-refractivity contribution in [2.45, 2.75) is 56.6 Å². The summed E-state index contributed by atoms with van der Waals surface area (Å²) in [6, 6.07) is -1.13. The van der Waals surface area contributed by atoms with Gasteiger partial charge in [0.25, 0.3) is 11.8 Å². The monoisotopic (exact) mass is 920 g/mol. The lowest BCUT2D eigenvalue weighted by molar-refractivity contribution is -0.197. The number of amides is 6. The van der Waals surface area contributed by atoms with E-state index in [0.29, 0.717) is 177 Å². The summed E-state index contributed by atoms with van der Waals surface area (Å²) in [4.78, 5) is 64.5. The summed E-state index contributed by atoms with van der Waals surface area (Å²) >= 11 is 0. The second-order valence-electron chi connectivity index (χ2n) is 15.0. The predicted molar refractivity (Wildman–Crippen MR) is 226 cm³/mol. The highest BCUT2D eigenvalue weighted by Gasteiger charge is 2.44. The molecule has 3 aliphatic heterocycles. The molecule has 0 aromatic heterocycles. The van der Waals surface area contributed by atoms with Gasteiger partial charge in [0, 0.05) is 78.0 Å². The lowest BCUT2D eigenvalue weighted by atomic mass is 9.90. The number of imide groups is 1. The Hall–Kier alpha value is -3.43. The molecule has 23 heteroatoms. The number of aliphatic hydroxyl groups is 3. The molecule has 0 unspecified atom stereocenters. The lowest BCUT2D eigenvalue weighted by Gasteiger charge is -2.42. The lowest BCUT2D eigenvalue weighted by Crippen LogP contribution is -2.63. The van der Waals surface area contributed by atoms with Gasteiger partial charge in [-0.25, -0.2) is 4.79 Å². The highest BCUT2D eigenvalue weighted by Crippen LogP contribution is 2.24. The third-order valence-electron chi connectivity index (χ3n) is 10.2. The number of aliphatic hydroxyl groups excluding tert-OH is 3. The number of ether oxygens (including phenoxy) is 9. The third kappa shape index (κ3) is 23.2. The van der Waals surface area contributed by atoms with Gasteiger partial charge in [-0.1, -0.05) is 0 Å². The first kappa shape index (κ1) is 54.9. The second kappa shape index (κ2) is 34.0. The van der Waals surface area contributed by atoms with Crippen LogP contribution in [0.15, 0.2) is 12.2 Å². The Labute approximate surface area is 375 Å². The molecule has 368 valence electrons. The molecule has 5 atom stereocenters. The fourth-order valence-electron chi connectivity index (χ4n) is 6.73. The molecule has 64 heavy (non-hydrogen) atoms. The molecule has 23 nitrogen and oxygen atoms in total. The summed E-state index contributed by atoms with van der Waals surface area (Å²) in [7, 11) is 0. The van der Waals surface area contributed by atoms with Crippen LogP contribution in [0.25, 0.3) is 0 Å². The van der Waals surface area contributed by atoms with E-state index in [9.17, 15) is 39.3 Å². The van der Waals surface area contributed by atoms with Gasteiger partial charge in [-0.2, -0.15) is 0 Å². The number of rotatable bonds is 36. The smallest absolute Gasteiger partial charge is 0.314 e. The SMILES string of the molecule is CC(=O)N[C@@H]1[C@@H](O)[C@@H](O)[C@@H](CO)O[C@@H]1CCCOCCOCCNC(=O)NCCOCCOCCOCCOCCOCCOCCC(=O)N1CCN(CCN2C(=O)C=CC2=O)CC1. The van der Waals surface area contributed by atoms with Crippen molar-refractivity contribution >= 4 is 29.7 Å². The Morgan fingerprint density at radius 1 is 0.641 bits per heavy atom. The molecule has 3 aliphatic rings. The molecular formula is C41H72N6O17. The molecule has 0 bridgehead atoms. The van der Waals surface area contributed by atoms with Crippen LogP contribution < -0.4 is 16.0 Å². The fraction of sp³-hybridized carbons (Fsp3) is 0.829. The zero-order chi connectivity index (χ0) is 46.2.